The van der Waals surface area contributed by atoms with Crippen LogP contribution in [0.3, 0.4) is 0 Å². The molecule has 2 heterocycles. The number of carbonyl (C=O) groups is 2. The number of fused-ring (bicyclic) bond motifs is 1. The Balaban J connectivity index is 1.42. The minimum absolute atomic E-state index is 0.146. The summed E-state index contributed by atoms with van der Waals surface area (Å²) in [6, 6.07) is 13.4. The first-order valence-electron chi connectivity index (χ1n) is 11.0. The van der Waals surface area contributed by atoms with Gasteiger partial charge in [-0.05, 0) is 43.7 Å². The number of hydrogen-bond acceptors (Lipinski definition) is 6. The van der Waals surface area contributed by atoms with Gasteiger partial charge < -0.3 is 14.4 Å². The highest BCUT2D eigenvalue weighted by atomic mass is 16.5. The van der Waals surface area contributed by atoms with Gasteiger partial charge >= 0.3 is 0 Å². The smallest absolute Gasteiger partial charge is 0.260 e. The maximum atomic E-state index is 13.2. The summed E-state index contributed by atoms with van der Waals surface area (Å²) in [6.45, 7) is 8.27. The third-order valence-corrected chi connectivity index (χ3v) is 6.59. The zero-order valence-electron chi connectivity index (χ0n) is 19.3. The zero-order valence-corrected chi connectivity index (χ0v) is 19.3. The average molecular weight is 438 g/mol. The lowest BCUT2D eigenvalue weighted by Crippen LogP contribution is -2.55. The van der Waals surface area contributed by atoms with Crippen LogP contribution in [0.25, 0.3) is 0 Å². The third-order valence-electron chi connectivity index (χ3n) is 6.59. The number of ether oxygens (including phenoxy) is 2. The van der Waals surface area contributed by atoms with Crippen LogP contribution in [0.15, 0.2) is 42.5 Å². The van der Waals surface area contributed by atoms with E-state index in [0.29, 0.717) is 24.4 Å². The maximum absolute atomic E-state index is 13.2. The number of benzene rings is 2. The molecule has 2 aromatic rings. The highest BCUT2D eigenvalue weighted by Gasteiger charge is 2.44. The average Bonchev–Trinajstić information content (AvgIpc) is 2.83. The summed E-state index contributed by atoms with van der Waals surface area (Å²) in [7, 11) is 3.27. The zero-order chi connectivity index (χ0) is 22.9. The Hall–Kier alpha value is -3.06. The molecule has 7 nitrogen and oxygen atoms in total. The molecule has 0 spiro atoms. The number of hydrogen-bond donors (Lipinski definition) is 0. The summed E-state index contributed by atoms with van der Waals surface area (Å²) in [5.41, 5.74) is 1.66. The summed E-state index contributed by atoms with van der Waals surface area (Å²) in [5.74, 6) is 1.11. The molecule has 2 aliphatic rings. The summed E-state index contributed by atoms with van der Waals surface area (Å²) >= 11 is 0. The standard InChI is InChI=1S/C25H31N3O4/c1-25(2)20-10-9-18(31-3)17-19(20)23(29)28(24(25)30)16-13-26-11-14-27(15-12-26)21-7-5-6-8-22(21)32-4/h5-10,17H,11-16H2,1-4H3. The second kappa shape index (κ2) is 8.82. The Labute approximate surface area is 189 Å². The van der Waals surface area contributed by atoms with E-state index in [2.05, 4.69) is 15.9 Å². The Morgan fingerprint density at radius 1 is 0.906 bits per heavy atom. The van der Waals surface area contributed by atoms with Crippen LogP contribution in [0, 0.1) is 0 Å². The lowest BCUT2D eigenvalue weighted by molar-refractivity contribution is -0.134. The second-order valence-corrected chi connectivity index (χ2v) is 8.80. The van der Waals surface area contributed by atoms with Gasteiger partial charge in [-0.25, -0.2) is 0 Å². The first-order valence-corrected chi connectivity index (χ1v) is 11.0. The molecule has 0 atom stereocenters. The maximum Gasteiger partial charge on any atom is 0.260 e. The molecule has 0 saturated carbocycles. The normalized spacial score (nSPS) is 18.5. The molecular weight excluding hydrogens is 406 g/mol. The SMILES string of the molecule is COc1ccc2c(c1)C(=O)N(CCN1CCN(c3ccccc3OC)CC1)C(=O)C2(C)C. The van der Waals surface area contributed by atoms with Gasteiger partial charge in [-0.1, -0.05) is 18.2 Å². The van der Waals surface area contributed by atoms with Crippen LogP contribution in [0.1, 0.15) is 29.8 Å². The van der Waals surface area contributed by atoms with Gasteiger partial charge in [-0.15, -0.1) is 0 Å². The number of piperazine rings is 1. The molecule has 2 aliphatic heterocycles. The van der Waals surface area contributed by atoms with E-state index in [1.807, 2.05) is 38.1 Å². The summed E-state index contributed by atoms with van der Waals surface area (Å²) < 4.78 is 10.8. The van der Waals surface area contributed by atoms with E-state index in [4.69, 9.17) is 9.47 Å². The molecule has 0 radical (unpaired) electrons. The molecule has 170 valence electrons. The van der Waals surface area contributed by atoms with Gasteiger partial charge in [0.25, 0.3) is 5.91 Å². The van der Waals surface area contributed by atoms with Crippen LogP contribution >= 0.6 is 0 Å². The minimum Gasteiger partial charge on any atom is -0.497 e. The quantitative estimate of drug-likeness (QED) is 0.648. The van der Waals surface area contributed by atoms with Crippen molar-refractivity contribution in [3.8, 4) is 11.5 Å². The third kappa shape index (κ3) is 3.93. The van der Waals surface area contributed by atoms with Crippen molar-refractivity contribution in [1.29, 1.82) is 0 Å². The van der Waals surface area contributed by atoms with Crippen molar-refractivity contribution in [2.24, 2.45) is 0 Å². The molecule has 7 heteroatoms. The molecule has 1 fully saturated rings. The van der Waals surface area contributed by atoms with Crippen LogP contribution < -0.4 is 14.4 Å². The fraction of sp³-hybridized carbons (Fsp3) is 0.440. The van der Waals surface area contributed by atoms with Gasteiger partial charge in [-0.3, -0.25) is 19.4 Å². The summed E-state index contributed by atoms with van der Waals surface area (Å²) in [6.07, 6.45) is 0. The van der Waals surface area contributed by atoms with E-state index in [1.54, 1.807) is 26.4 Å². The first-order chi connectivity index (χ1) is 15.4. The van der Waals surface area contributed by atoms with Gasteiger partial charge in [0.2, 0.25) is 5.91 Å². The van der Waals surface area contributed by atoms with Crippen molar-refractivity contribution >= 4 is 17.5 Å². The Morgan fingerprint density at radius 3 is 2.31 bits per heavy atom. The van der Waals surface area contributed by atoms with E-state index in [9.17, 15) is 9.59 Å². The molecule has 4 rings (SSSR count). The van der Waals surface area contributed by atoms with Crippen molar-refractivity contribution < 1.29 is 19.1 Å². The highest BCUT2D eigenvalue weighted by molar-refractivity contribution is 6.13. The number of rotatable bonds is 6. The number of amides is 2. The first kappa shape index (κ1) is 22.1. The van der Waals surface area contributed by atoms with Gasteiger partial charge in [0.05, 0.1) is 25.3 Å². The summed E-state index contributed by atoms with van der Waals surface area (Å²) in [4.78, 5) is 32.4. The predicted octanol–water partition coefficient (Wildman–Crippen LogP) is 2.79. The van der Waals surface area contributed by atoms with Gasteiger partial charge in [-0.2, -0.15) is 0 Å². The number of anilines is 1. The second-order valence-electron chi connectivity index (χ2n) is 8.80. The Morgan fingerprint density at radius 2 is 1.62 bits per heavy atom. The van der Waals surface area contributed by atoms with Crippen LogP contribution in [-0.2, 0) is 10.2 Å². The van der Waals surface area contributed by atoms with Crippen molar-refractivity contribution in [2.75, 3.05) is 58.4 Å². The monoisotopic (exact) mass is 437 g/mol. The molecular formula is C25H31N3O4. The van der Waals surface area contributed by atoms with Crippen LogP contribution in [0.4, 0.5) is 5.69 Å². The van der Waals surface area contributed by atoms with E-state index in [1.165, 1.54) is 4.90 Å². The van der Waals surface area contributed by atoms with Crippen molar-refractivity contribution in [1.82, 2.24) is 9.80 Å². The van der Waals surface area contributed by atoms with Crippen molar-refractivity contribution in [3.63, 3.8) is 0 Å². The van der Waals surface area contributed by atoms with E-state index < -0.39 is 5.41 Å². The molecule has 0 unspecified atom stereocenters. The summed E-state index contributed by atoms with van der Waals surface area (Å²) in [5, 5.41) is 0. The lowest BCUT2D eigenvalue weighted by atomic mass is 9.77. The molecule has 2 amide bonds. The van der Waals surface area contributed by atoms with Gasteiger partial charge in [0.15, 0.2) is 0 Å². The predicted molar refractivity (Wildman–Crippen MR) is 124 cm³/mol. The van der Waals surface area contributed by atoms with Crippen LogP contribution in [0.2, 0.25) is 0 Å². The lowest BCUT2D eigenvalue weighted by Gasteiger charge is -2.40. The fourth-order valence-electron chi connectivity index (χ4n) is 4.61. The number of nitrogens with zero attached hydrogens (tertiary/aromatic N) is 3. The Bertz CT molecular complexity index is 1010. The number of imide groups is 1. The van der Waals surface area contributed by atoms with Gasteiger partial charge in [0, 0.05) is 44.8 Å². The number of para-hydroxylation sites is 2. The molecule has 0 aliphatic carbocycles. The van der Waals surface area contributed by atoms with Crippen molar-refractivity contribution in [2.45, 2.75) is 19.3 Å². The van der Waals surface area contributed by atoms with Crippen LogP contribution in [0.5, 0.6) is 11.5 Å². The molecule has 0 N–H and O–H groups in total. The molecule has 32 heavy (non-hydrogen) atoms. The van der Waals surface area contributed by atoms with E-state index in [0.717, 1.165) is 43.2 Å². The number of methoxy groups -OCH3 is 2. The molecule has 0 bridgehead atoms. The fourth-order valence-corrected chi connectivity index (χ4v) is 4.61. The van der Waals surface area contributed by atoms with Crippen molar-refractivity contribution in [3.05, 3.63) is 53.6 Å². The topological polar surface area (TPSA) is 62.3 Å². The molecule has 0 aromatic heterocycles. The van der Waals surface area contributed by atoms with Crippen LogP contribution in [-0.4, -0.2) is 75.1 Å². The molecule has 2 aromatic carbocycles. The van der Waals surface area contributed by atoms with Gasteiger partial charge in [0.1, 0.15) is 11.5 Å². The highest BCUT2D eigenvalue weighted by Crippen LogP contribution is 2.36. The molecule has 1 saturated heterocycles. The number of carbonyl (C=O) groups excluding carboxylic acids is 2. The largest absolute Gasteiger partial charge is 0.497 e. The minimum atomic E-state index is -0.752. The van der Waals surface area contributed by atoms with E-state index >= 15 is 0 Å². The Kier molecular flexibility index (Phi) is 6.11. The van der Waals surface area contributed by atoms with E-state index in [-0.39, 0.29) is 11.8 Å².